The first-order chi connectivity index (χ1) is 8.62. The van der Waals surface area contributed by atoms with Gasteiger partial charge in [0.25, 0.3) is 5.91 Å². The van der Waals surface area contributed by atoms with Crippen molar-refractivity contribution in [3.05, 3.63) is 29.8 Å². The summed E-state index contributed by atoms with van der Waals surface area (Å²) in [7, 11) is 2.70. The van der Waals surface area contributed by atoms with E-state index in [9.17, 15) is 9.59 Å². The van der Waals surface area contributed by atoms with Gasteiger partial charge in [0.15, 0.2) is 0 Å². The Bertz CT molecular complexity index is 435. The van der Waals surface area contributed by atoms with Crippen molar-refractivity contribution < 1.29 is 19.1 Å². The molecule has 1 unspecified atom stereocenters. The molecule has 0 bridgehead atoms. The second-order valence-electron chi connectivity index (χ2n) is 3.52. The number of carbonyl (C=O) groups is 2. The van der Waals surface area contributed by atoms with E-state index < -0.39 is 12.1 Å². The van der Waals surface area contributed by atoms with Gasteiger partial charge in [-0.3, -0.25) is 4.79 Å². The Morgan fingerprint density at radius 2 is 2.05 bits per heavy atom. The molecular weight excluding hydrogens is 272 g/mol. The highest BCUT2D eigenvalue weighted by Gasteiger charge is 2.16. The fourth-order valence-electron chi connectivity index (χ4n) is 1.37. The molecule has 3 N–H and O–H groups in total. The Morgan fingerprint density at radius 1 is 1.37 bits per heavy atom. The molecule has 1 aromatic carbocycles. The zero-order valence-corrected chi connectivity index (χ0v) is 11.5. The average Bonchev–Trinajstić information content (AvgIpc) is 2.39. The van der Waals surface area contributed by atoms with Crippen LogP contribution in [0.4, 0.5) is 5.69 Å². The molecule has 0 aliphatic carbocycles. The summed E-state index contributed by atoms with van der Waals surface area (Å²) in [6.45, 7) is 0.0824. The van der Waals surface area contributed by atoms with Gasteiger partial charge in [0.05, 0.1) is 12.7 Å². The summed E-state index contributed by atoms with van der Waals surface area (Å²) in [5, 5.41) is 2.61. The highest BCUT2D eigenvalue weighted by molar-refractivity contribution is 5.96. The number of benzene rings is 1. The zero-order valence-electron chi connectivity index (χ0n) is 10.7. The minimum absolute atomic E-state index is 0. The van der Waals surface area contributed by atoms with E-state index in [1.54, 1.807) is 18.2 Å². The predicted molar refractivity (Wildman–Crippen MR) is 73.5 cm³/mol. The molecule has 1 rings (SSSR count). The SMILES string of the molecule is COC(=O)c1cccc(NC(=O)C(CN)OC)c1.Cl. The number of ether oxygens (including phenoxy) is 2. The van der Waals surface area contributed by atoms with Crippen LogP contribution in [0.1, 0.15) is 10.4 Å². The number of hydrogen-bond donors (Lipinski definition) is 2. The molecule has 0 saturated carbocycles. The van der Waals surface area contributed by atoms with Gasteiger partial charge >= 0.3 is 5.97 Å². The van der Waals surface area contributed by atoms with E-state index in [4.69, 9.17) is 10.5 Å². The first-order valence-corrected chi connectivity index (χ1v) is 5.34. The van der Waals surface area contributed by atoms with Gasteiger partial charge in [0.1, 0.15) is 6.10 Å². The molecule has 0 aliphatic heterocycles. The summed E-state index contributed by atoms with van der Waals surface area (Å²) < 4.78 is 9.49. The van der Waals surface area contributed by atoms with Crippen molar-refractivity contribution in [1.82, 2.24) is 0 Å². The van der Waals surface area contributed by atoms with Crippen molar-refractivity contribution in [3.63, 3.8) is 0 Å². The summed E-state index contributed by atoms with van der Waals surface area (Å²) in [5.74, 6) is -0.824. The largest absolute Gasteiger partial charge is 0.465 e. The van der Waals surface area contributed by atoms with Crippen LogP contribution in [0.5, 0.6) is 0 Å². The van der Waals surface area contributed by atoms with Crippen LogP contribution in [0.3, 0.4) is 0 Å². The molecule has 106 valence electrons. The summed E-state index contributed by atoms with van der Waals surface area (Å²) >= 11 is 0. The van der Waals surface area contributed by atoms with Crippen molar-refractivity contribution in [2.45, 2.75) is 6.10 Å². The van der Waals surface area contributed by atoms with Crippen molar-refractivity contribution in [1.29, 1.82) is 0 Å². The Labute approximate surface area is 117 Å². The maximum Gasteiger partial charge on any atom is 0.337 e. The minimum atomic E-state index is -0.716. The molecule has 1 aromatic rings. The summed E-state index contributed by atoms with van der Waals surface area (Å²) in [5.41, 5.74) is 6.22. The maximum absolute atomic E-state index is 11.7. The molecule has 0 heterocycles. The fraction of sp³-hybridized carbons (Fsp3) is 0.333. The number of rotatable bonds is 5. The van der Waals surface area contributed by atoms with Gasteiger partial charge in [0.2, 0.25) is 0 Å². The van der Waals surface area contributed by atoms with E-state index >= 15 is 0 Å². The summed E-state index contributed by atoms with van der Waals surface area (Å²) in [4.78, 5) is 23.0. The van der Waals surface area contributed by atoms with E-state index in [0.717, 1.165) is 0 Å². The number of carbonyl (C=O) groups excluding carboxylic acids is 2. The monoisotopic (exact) mass is 288 g/mol. The molecule has 0 fully saturated rings. The zero-order chi connectivity index (χ0) is 13.5. The molecule has 7 heteroatoms. The van der Waals surface area contributed by atoms with Crippen LogP contribution in [0, 0.1) is 0 Å². The van der Waals surface area contributed by atoms with Gasteiger partial charge in [-0.25, -0.2) is 4.79 Å². The highest BCUT2D eigenvalue weighted by Crippen LogP contribution is 2.12. The van der Waals surface area contributed by atoms with E-state index in [1.165, 1.54) is 20.3 Å². The standard InChI is InChI=1S/C12H16N2O4.ClH/c1-17-10(7-13)11(15)14-9-5-3-4-8(6-9)12(16)18-2;/h3-6,10H,7,13H2,1-2H3,(H,14,15);1H. The summed E-state index contributed by atoms with van der Waals surface area (Å²) in [6.07, 6.45) is -0.716. The fourth-order valence-corrected chi connectivity index (χ4v) is 1.37. The Balaban J connectivity index is 0.00000324. The molecule has 6 nitrogen and oxygen atoms in total. The number of hydrogen-bond acceptors (Lipinski definition) is 5. The number of methoxy groups -OCH3 is 2. The lowest BCUT2D eigenvalue weighted by atomic mass is 10.2. The van der Waals surface area contributed by atoms with Crippen molar-refractivity contribution >= 4 is 30.0 Å². The number of amides is 1. The van der Waals surface area contributed by atoms with Gasteiger partial charge in [-0.05, 0) is 18.2 Å². The first-order valence-electron chi connectivity index (χ1n) is 5.34. The van der Waals surface area contributed by atoms with E-state index in [1.807, 2.05) is 0 Å². The van der Waals surface area contributed by atoms with Crippen molar-refractivity contribution in [3.8, 4) is 0 Å². The molecule has 1 atom stereocenters. The molecule has 0 spiro atoms. The van der Waals surface area contributed by atoms with Crippen molar-refractivity contribution in [2.75, 3.05) is 26.1 Å². The Morgan fingerprint density at radius 3 is 2.58 bits per heavy atom. The molecule has 19 heavy (non-hydrogen) atoms. The number of halogens is 1. The highest BCUT2D eigenvalue weighted by atomic mass is 35.5. The number of nitrogens with one attached hydrogen (secondary N) is 1. The maximum atomic E-state index is 11.7. The van der Waals surface area contributed by atoms with Crippen molar-refractivity contribution in [2.24, 2.45) is 5.73 Å². The van der Waals surface area contributed by atoms with E-state index in [2.05, 4.69) is 10.1 Å². The van der Waals surface area contributed by atoms with Crippen LogP contribution in [0.2, 0.25) is 0 Å². The van der Waals surface area contributed by atoms with E-state index in [-0.39, 0.29) is 24.9 Å². The third kappa shape index (κ3) is 4.86. The first kappa shape index (κ1) is 17.4. The predicted octanol–water partition coefficient (Wildman–Crippen LogP) is 0.807. The number of anilines is 1. The molecule has 1 amide bonds. The number of nitrogens with two attached hydrogens (primary N) is 1. The minimum Gasteiger partial charge on any atom is -0.465 e. The van der Waals surface area contributed by atoms with Crippen LogP contribution < -0.4 is 11.1 Å². The van der Waals surface area contributed by atoms with Gasteiger partial charge in [0, 0.05) is 19.3 Å². The molecular formula is C12H17ClN2O4. The smallest absolute Gasteiger partial charge is 0.337 e. The van der Waals surface area contributed by atoms with Crippen LogP contribution in [-0.2, 0) is 14.3 Å². The number of esters is 1. The lowest BCUT2D eigenvalue weighted by Crippen LogP contribution is -2.35. The van der Waals surface area contributed by atoms with Crippen LogP contribution in [0.25, 0.3) is 0 Å². The normalized spacial score (nSPS) is 11.1. The average molecular weight is 289 g/mol. The second kappa shape index (κ2) is 8.47. The molecule has 0 aromatic heterocycles. The molecule has 0 saturated heterocycles. The van der Waals surface area contributed by atoms with Crippen LogP contribution in [-0.4, -0.2) is 38.7 Å². The van der Waals surface area contributed by atoms with Gasteiger partial charge in [-0.15, -0.1) is 12.4 Å². The second-order valence-corrected chi connectivity index (χ2v) is 3.52. The molecule has 0 aliphatic rings. The summed E-state index contributed by atoms with van der Waals surface area (Å²) in [6, 6.07) is 6.42. The van der Waals surface area contributed by atoms with Gasteiger partial charge in [-0.1, -0.05) is 6.07 Å². The lowest BCUT2D eigenvalue weighted by molar-refractivity contribution is -0.125. The van der Waals surface area contributed by atoms with E-state index in [0.29, 0.717) is 11.3 Å². The lowest BCUT2D eigenvalue weighted by Gasteiger charge is -2.13. The van der Waals surface area contributed by atoms with Crippen LogP contribution in [0.15, 0.2) is 24.3 Å². The molecule has 0 radical (unpaired) electrons. The van der Waals surface area contributed by atoms with Gasteiger partial charge in [-0.2, -0.15) is 0 Å². The van der Waals surface area contributed by atoms with Gasteiger partial charge < -0.3 is 20.5 Å². The Hall–Kier alpha value is -1.63. The quantitative estimate of drug-likeness (QED) is 0.782. The third-order valence-electron chi connectivity index (χ3n) is 2.34. The third-order valence-corrected chi connectivity index (χ3v) is 2.34. The topological polar surface area (TPSA) is 90.7 Å². The Kier molecular flexibility index (Phi) is 7.74. The van der Waals surface area contributed by atoms with Crippen LogP contribution >= 0.6 is 12.4 Å².